The maximum absolute atomic E-state index is 10.1. The van der Waals surface area contributed by atoms with Crippen LogP contribution in [0.5, 0.6) is 0 Å². The van der Waals surface area contributed by atoms with Gasteiger partial charge in [-0.2, -0.15) is 4.68 Å². The third kappa shape index (κ3) is 1.74. The van der Waals surface area contributed by atoms with E-state index in [0.717, 1.165) is 0 Å². The molecule has 6 nitrogen and oxygen atoms in total. The molecular formula is C5H7N3O3. The van der Waals surface area contributed by atoms with Crippen LogP contribution >= 0.6 is 0 Å². The molecule has 1 aromatic rings. The second kappa shape index (κ2) is 3.11. The molecule has 0 amide bonds. The van der Waals surface area contributed by atoms with Crippen LogP contribution in [0, 0.1) is 10.1 Å². The predicted molar refractivity (Wildman–Crippen MR) is 35.9 cm³/mol. The number of hydrogen-bond acceptors (Lipinski definition) is 4. The Morgan fingerprint density at radius 2 is 2.64 bits per heavy atom. The van der Waals surface area contributed by atoms with Crippen molar-refractivity contribution in [3.05, 3.63) is 22.4 Å². The molecule has 0 fully saturated rings. The van der Waals surface area contributed by atoms with E-state index < -0.39 is 4.92 Å². The molecule has 0 spiro atoms. The van der Waals surface area contributed by atoms with Gasteiger partial charge < -0.3 is 14.9 Å². The number of rotatable bonds is 3. The Balaban J connectivity index is 2.73. The van der Waals surface area contributed by atoms with Crippen molar-refractivity contribution in [2.45, 2.75) is 6.73 Å². The predicted octanol–water partition coefficient (Wildman–Crippen LogP) is 0.395. The van der Waals surface area contributed by atoms with Crippen molar-refractivity contribution in [3.63, 3.8) is 0 Å². The molecule has 0 unspecified atom stereocenters. The zero-order chi connectivity index (χ0) is 8.27. The zero-order valence-electron chi connectivity index (χ0n) is 5.93. The highest BCUT2D eigenvalue weighted by atomic mass is 16.6. The molecule has 0 atom stereocenters. The lowest BCUT2D eigenvalue weighted by molar-refractivity contribution is -0.389. The van der Waals surface area contributed by atoms with Crippen LogP contribution in [0.25, 0.3) is 0 Å². The summed E-state index contributed by atoms with van der Waals surface area (Å²) < 4.78 is 6.04. The van der Waals surface area contributed by atoms with E-state index in [9.17, 15) is 10.1 Å². The van der Waals surface area contributed by atoms with Gasteiger partial charge in [0.25, 0.3) is 0 Å². The Morgan fingerprint density at radius 1 is 1.91 bits per heavy atom. The molecule has 0 aliphatic rings. The number of nitro groups is 1. The highest BCUT2D eigenvalue weighted by molar-refractivity contribution is 5.13. The van der Waals surface area contributed by atoms with Crippen LogP contribution in [0.2, 0.25) is 0 Å². The highest BCUT2D eigenvalue weighted by Crippen LogP contribution is 2.04. The van der Waals surface area contributed by atoms with Gasteiger partial charge in [0.15, 0.2) is 6.73 Å². The standard InChI is InChI=1S/C5H7N3O3/c1-11-4-7-3-2-5(6-7)8(9)10/h2-3H,4H2,1H3. The quantitative estimate of drug-likeness (QED) is 0.470. The van der Waals surface area contributed by atoms with Crippen LogP contribution in [-0.4, -0.2) is 21.8 Å². The summed E-state index contributed by atoms with van der Waals surface area (Å²) in [7, 11) is 1.49. The van der Waals surface area contributed by atoms with Crippen LogP contribution in [0.4, 0.5) is 5.82 Å². The zero-order valence-corrected chi connectivity index (χ0v) is 5.93. The smallest absolute Gasteiger partial charge is 0.360 e. The maximum Gasteiger partial charge on any atom is 0.390 e. The molecule has 0 aliphatic carbocycles. The van der Waals surface area contributed by atoms with Gasteiger partial charge in [-0.1, -0.05) is 0 Å². The van der Waals surface area contributed by atoms with Gasteiger partial charge in [0.1, 0.15) is 0 Å². The van der Waals surface area contributed by atoms with E-state index in [-0.39, 0.29) is 12.5 Å². The Hall–Kier alpha value is -1.43. The van der Waals surface area contributed by atoms with Crippen molar-refractivity contribution >= 4 is 5.82 Å². The minimum Gasteiger partial charge on any atom is -0.360 e. The summed E-state index contributed by atoms with van der Waals surface area (Å²) in [5.74, 6) is -0.165. The molecule has 11 heavy (non-hydrogen) atoms. The largest absolute Gasteiger partial charge is 0.390 e. The SMILES string of the molecule is COCn1ccc([N+](=O)[O-])n1. The number of hydrogen-bond donors (Lipinski definition) is 0. The van der Waals surface area contributed by atoms with E-state index in [1.54, 1.807) is 0 Å². The molecule has 0 saturated heterocycles. The summed E-state index contributed by atoms with van der Waals surface area (Å²) in [6, 6.07) is 1.32. The van der Waals surface area contributed by atoms with Crippen LogP contribution in [-0.2, 0) is 11.5 Å². The molecule has 0 radical (unpaired) electrons. The van der Waals surface area contributed by atoms with E-state index in [1.807, 2.05) is 0 Å². The van der Waals surface area contributed by atoms with Gasteiger partial charge in [0.2, 0.25) is 0 Å². The third-order valence-electron chi connectivity index (χ3n) is 1.08. The Morgan fingerprint density at radius 3 is 3.09 bits per heavy atom. The van der Waals surface area contributed by atoms with Crippen molar-refractivity contribution in [2.24, 2.45) is 0 Å². The monoisotopic (exact) mass is 157 g/mol. The first-order valence-electron chi connectivity index (χ1n) is 2.91. The van der Waals surface area contributed by atoms with Crippen molar-refractivity contribution < 1.29 is 9.66 Å². The topological polar surface area (TPSA) is 70.2 Å². The summed E-state index contributed by atoms with van der Waals surface area (Å²) in [5, 5.41) is 13.7. The van der Waals surface area contributed by atoms with Crippen LogP contribution in [0.15, 0.2) is 12.3 Å². The maximum atomic E-state index is 10.1. The van der Waals surface area contributed by atoms with Gasteiger partial charge in [-0.3, -0.25) is 0 Å². The molecule has 0 bridgehead atoms. The van der Waals surface area contributed by atoms with Crippen LogP contribution < -0.4 is 0 Å². The fourth-order valence-electron chi connectivity index (χ4n) is 0.653. The normalized spacial score (nSPS) is 9.91. The minimum atomic E-state index is -0.549. The van der Waals surface area contributed by atoms with Gasteiger partial charge in [-0.15, -0.1) is 0 Å². The molecule has 0 N–H and O–H groups in total. The van der Waals surface area contributed by atoms with E-state index in [4.69, 9.17) is 4.74 Å². The van der Waals surface area contributed by atoms with E-state index in [1.165, 1.54) is 24.1 Å². The van der Waals surface area contributed by atoms with Crippen molar-refractivity contribution in [2.75, 3.05) is 7.11 Å². The Labute approximate surface area is 62.5 Å². The van der Waals surface area contributed by atoms with Crippen molar-refractivity contribution in [1.82, 2.24) is 9.78 Å². The third-order valence-corrected chi connectivity index (χ3v) is 1.08. The summed E-state index contributed by atoms with van der Waals surface area (Å²) >= 11 is 0. The molecule has 0 aliphatic heterocycles. The van der Waals surface area contributed by atoms with Crippen LogP contribution in [0.3, 0.4) is 0 Å². The molecular weight excluding hydrogens is 150 g/mol. The lowest BCUT2D eigenvalue weighted by atomic mass is 10.7. The van der Waals surface area contributed by atoms with Crippen molar-refractivity contribution in [1.29, 1.82) is 0 Å². The minimum absolute atomic E-state index is 0.165. The molecule has 0 aromatic carbocycles. The number of nitrogens with zero attached hydrogens (tertiary/aromatic N) is 3. The van der Waals surface area contributed by atoms with Gasteiger partial charge in [0, 0.05) is 7.11 Å². The molecule has 1 aromatic heterocycles. The van der Waals surface area contributed by atoms with Gasteiger partial charge in [-0.05, 0) is 4.92 Å². The van der Waals surface area contributed by atoms with E-state index in [0.29, 0.717) is 0 Å². The van der Waals surface area contributed by atoms with Gasteiger partial charge >= 0.3 is 5.82 Å². The summed E-state index contributed by atoms with van der Waals surface area (Å²) in [5.41, 5.74) is 0. The molecule has 0 saturated carbocycles. The second-order valence-corrected chi connectivity index (χ2v) is 1.89. The first-order valence-corrected chi connectivity index (χ1v) is 2.91. The number of aromatic nitrogens is 2. The Bertz CT molecular complexity index is 257. The summed E-state index contributed by atoms with van der Waals surface area (Å²) in [6.45, 7) is 0.230. The molecule has 1 heterocycles. The number of ether oxygens (including phenoxy) is 1. The first kappa shape index (κ1) is 7.67. The summed E-state index contributed by atoms with van der Waals surface area (Å²) in [6.07, 6.45) is 1.49. The average Bonchev–Trinajstić information content (AvgIpc) is 2.37. The van der Waals surface area contributed by atoms with Gasteiger partial charge in [-0.25, -0.2) is 0 Å². The van der Waals surface area contributed by atoms with Crippen molar-refractivity contribution in [3.8, 4) is 0 Å². The molecule has 6 heteroatoms. The fraction of sp³-hybridized carbons (Fsp3) is 0.400. The lowest BCUT2D eigenvalue weighted by Gasteiger charge is -1.90. The second-order valence-electron chi connectivity index (χ2n) is 1.89. The van der Waals surface area contributed by atoms with E-state index in [2.05, 4.69) is 5.10 Å². The summed E-state index contributed by atoms with van der Waals surface area (Å²) in [4.78, 5) is 9.56. The lowest BCUT2D eigenvalue weighted by Crippen LogP contribution is -2.00. The van der Waals surface area contributed by atoms with E-state index >= 15 is 0 Å². The Kier molecular flexibility index (Phi) is 2.17. The van der Waals surface area contributed by atoms with Crippen LogP contribution in [0.1, 0.15) is 0 Å². The highest BCUT2D eigenvalue weighted by Gasteiger charge is 2.09. The molecule has 60 valence electrons. The fourth-order valence-corrected chi connectivity index (χ4v) is 0.653. The molecule has 1 rings (SSSR count). The first-order chi connectivity index (χ1) is 5.24. The average molecular weight is 157 g/mol. The van der Waals surface area contributed by atoms with Gasteiger partial charge in [0.05, 0.1) is 17.4 Å². The number of methoxy groups -OCH3 is 1.